The third-order valence-corrected chi connectivity index (χ3v) is 5.70. The average Bonchev–Trinajstić information content (AvgIpc) is 3.11. The van der Waals surface area contributed by atoms with Gasteiger partial charge < -0.3 is 9.80 Å². The Kier molecular flexibility index (Phi) is 5.78. The van der Waals surface area contributed by atoms with Crippen molar-refractivity contribution in [3.63, 3.8) is 0 Å². The summed E-state index contributed by atoms with van der Waals surface area (Å²) in [5.41, 5.74) is 3.72. The van der Waals surface area contributed by atoms with Crippen molar-refractivity contribution in [1.29, 1.82) is 0 Å². The number of aromatic nitrogens is 2. The molecule has 0 aliphatic carbocycles. The number of hydrogen-bond donors (Lipinski definition) is 0. The fourth-order valence-corrected chi connectivity index (χ4v) is 4.01. The lowest BCUT2D eigenvalue weighted by atomic mass is 10.1. The summed E-state index contributed by atoms with van der Waals surface area (Å²) in [5, 5.41) is 4.55. The molecule has 1 aliphatic heterocycles. The second kappa shape index (κ2) is 8.51. The molecule has 0 bridgehead atoms. The summed E-state index contributed by atoms with van der Waals surface area (Å²) in [7, 11) is 0. The zero-order valence-corrected chi connectivity index (χ0v) is 18.1. The molecule has 1 aliphatic rings. The quantitative estimate of drug-likeness (QED) is 0.621. The minimum absolute atomic E-state index is 0.0770. The molecule has 1 saturated heterocycles. The summed E-state index contributed by atoms with van der Waals surface area (Å²) in [5.74, 6) is -0.820. The van der Waals surface area contributed by atoms with Crippen LogP contribution in [0.4, 0.5) is 4.39 Å². The van der Waals surface area contributed by atoms with Crippen molar-refractivity contribution in [1.82, 2.24) is 19.6 Å². The van der Waals surface area contributed by atoms with Gasteiger partial charge in [0.2, 0.25) is 0 Å². The summed E-state index contributed by atoms with van der Waals surface area (Å²) in [6.07, 6.45) is 0. The van der Waals surface area contributed by atoms with E-state index in [1.165, 1.54) is 12.1 Å². The van der Waals surface area contributed by atoms with Gasteiger partial charge in [0.25, 0.3) is 11.8 Å². The molecule has 31 heavy (non-hydrogen) atoms. The maximum atomic E-state index is 13.2. The van der Waals surface area contributed by atoms with Crippen LogP contribution in [0.5, 0.6) is 0 Å². The van der Waals surface area contributed by atoms with Gasteiger partial charge in [-0.05, 0) is 62.4 Å². The maximum absolute atomic E-state index is 13.2. The topological polar surface area (TPSA) is 58.4 Å². The van der Waals surface area contributed by atoms with Crippen molar-refractivity contribution in [2.24, 2.45) is 0 Å². The Labute approximate surface area is 184 Å². The van der Waals surface area contributed by atoms with Gasteiger partial charge in [0.05, 0.1) is 22.0 Å². The van der Waals surface area contributed by atoms with Crippen LogP contribution in [-0.4, -0.2) is 57.6 Å². The molecule has 0 N–H and O–H groups in total. The summed E-state index contributed by atoms with van der Waals surface area (Å²) in [4.78, 5) is 28.9. The molecule has 2 aromatic carbocycles. The standard InChI is InChI=1S/C23H22ClFN4O2/c1-15-13-16(2)29(26-15)19-6-3-17(4-7-19)22(30)27-9-11-28(12-10-27)23(31)20-8-5-18(25)14-21(20)24/h3-8,13-14H,9-12H2,1-2H3. The normalized spacial score (nSPS) is 14.1. The molecule has 0 unspecified atom stereocenters. The van der Waals surface area contributed by atoms with Crippen molar-refractivity contribution < 1.29 is 14.0 Å². The highest BCUT2D eigenvalue weighted by Gasteiger charge is 2.26. The lowest BCUT2D eigenvalue weighted by molar-refractivity contribution is 0.0535. The van der Waals surface area contributed by atoms with Crippen LogP contribution in [0, 0.1) is 19.7 Å². The lowest BCUT2D eigenvalue weighted by Crippen LogP contribution is -2.50. The molecule has 0 saturated carbocycles. The molecule has 0 spiro atoms. The first kappa shape index (κ1) is 21.1. The largest absolute Gasteiger partial charge is 0.335 e. The Balaban J connectivity index is 1.40. The Hall–Kier alpha value is -3.19. The van der Waals surface area contributed by atoms with Gasteiger partial charge in [0.15, 0.2) is 0 Å². The molecule has 8 heteroatoms. The zero-order valence-electron chi connectivity index (χ0n) is 17.3. The highest BCUT2D eigenvalue weighted by atomic mass is 35.5. The van der Waals surface area contributed by atoms with Crippen LogP contribution in [0.1, 0.15) is 32.1 Å². The number of piperazine rings is 1. The number of rotatable bonds is 3. The first-order chi connectivity index (χ1) is 14.8. The third kappa shape index (κ3) is 4.32. The van der Waals surface area contributed by atoms with Crippen LogP contribution in [0.25, 0.3) is 5.69 Å². The minimum Gasteiger partial charge on any atom is -0.335 e. The van der Waals surface area contributed by atoms with Crippen molar-refractivity contribution >= 4 is 23.4 Å². The minimum atomic E-state index is -0.485. The molecule has 3 aromatic rings. The van der Waals surface area contributed by atoms with Crippen LogP contribution in [0.2, 0.25) is 5.02 Å². The molecule has 6 nitrogen and oxygen atoms in total. The van der Waals surface area contributed by atoms with Crippen LogP contribution in [0.15, 0.2) is 48.5 Å². The van der Waals surface area contributed by atoms with E-state index in [1.807, 2.05) is 36.7 Å². The number of nitrogens with zero attached hydrogens (tertiary/aromatic N) is 4. The monoisotopic (exact) mass is 440 g/mol. The number of carbonyl (C=O) groups is 2. The van der Waals surface area contributed by atoms with E-state index in [4.69, 9.17) is 11.6 Å². The molecule has 2 heterocycles. The summed E-state index contributed by atoms with van der Waals surface area (Å²) in [6, 6.07) is 13.1. The highest BCUT2D eigenvalue weighted by molar-refractivity contribution is 6.33. The van der Waals surface area contributed by atoms with Gasteiger partial charge in [0, 0.05) is 37.4 Å². The van der Waals surface area contributed by atoms with Crippen LogP contribution in [0.3, 0.4) is 0 Å². The first-order valence-corrected chi connectivity index (χ1v) is 10.4. The fraction of sp³-hybridized carbons (Fsp3) is 0.261. The summed E-state index contributed by atoms with van der Waals surface area (Å²) >= 11 is 6.01. The molecular weight excluding hydrogens is 419 g/mol. The van der Waals surface area contributed by atoms with Crippen LogP contribution < -0.4 is 0 Å². The highest BCUT2D eigenvalue weighted by Crippen LogP contribution is 2.21. The molecule has 160 valence electrons. The molecule has 2 amide bonds. The van der Waals surface area contributed by atoms with Crippen LogP contribution >= 0.6 is 11.6 Å². The smallest absolute Gasteiger partial charge is 0.255 e. The summed E-state index contributed by atoms with van der Waals surface area (Å²) in [6.45, 7) is 5.55. The Morgan fingerprint density at radius 3 is 2.06 bits per heavy atom. The number of hydrogen-bond acceptors (Lipinski definition) is 3. The Morgan fingerprint density at radius 1 is 0.903 bits per heavy atom. The van der Waals surface area contributed by atoms with Crippen molar-refractivity contribution in [3.8, 4) is 5.69 Å². The van der Waals surface area contributed by atoms with Gasteiger partial charge in [-0.1, -0.05) is 11.6 Å². The number of carbonyl (C=O) groups excluding carboxylic acids is 2. The SMILES string of the molecule is Cc1cc(C)n(-c2ccc(C(=O)N3CCN(C(=O)c4ccc(F)cc4Cl)CC3)cc2)n1. The Morgan fingerprint density at radius 2 is 1.52 bits per heavy atom. The van der Waals surface area contributed by atoms with Gasteiger partial charge >= 0.3 is 0 Å². The number of aryl methyl sites for hydroxylation is 2. The molecule has 0 atom stereocenters. The van der Waals surface area contributed by atoms with E-state index in [1.54, 1.807) is 21.9 Å². The van der Waals surface area contributed by atoms with Crippen LogP contribution in [-0.2, 0) is 0 Å². The maximum Gasteiger partial charge on any atom is 0.255 e. The van der Waals surface area contributed by atoms with Gasteiger partial charge in [-0.2, -0.15) is 5.10 Å². The zero-order chi connectivity index (χ0) is 22.1. The number of amides is 2. The van der Waals surface area contributed by atoms with Gasteiger partial charge in [-0.25, -0.2) is 9.07 Å². The van der Waals surface area contributed by atoms with Gasteiger partial charge in [0.1, 0.15) is 5.82 Å². The van der Waals surface area contributed by atoms with Crippen molar-refractivity contribution in [2.45, 2.75) is 13.8 Å². The Bertz CT molecular complexity index is 1130. The lowest BCUT2D eigenvalue weighted by Gasteiger charge is -2.35. The van der Waals surface area contributed by atoms with E-state index in [-0.39, 0.29) is 22.4 Å². The van der Waals surface area contributed by atoms with Crippen molar-refractivity contribution in [2.75, 3.05) is 26.2 Å². The molecule has 0 radical (unpaired) electrons. The molecular formula is C23H22ClFN4O2. The van der Waals surface area contributed by atoms with E-state index in [0.717, 1.165) is 23.1 Å². The molecule has 1 fully saturated rings. The molecule has 4 rings (SSSR count). The van der Waals surface area contributed by atoms with E-state index in [0.29, 0.717) is 31.7 Å². The fourth-order valence-electron chi connectivity index (χ4n) is 3.76. The van der Waals surface area contributed by atoms with Crippen molar-refractivity contribution in [3.05, 3.63) is 81.9 Å². The van der Waals surface area contributed by atoms with E-state index < -0.39 is 5.82 Å². The first-order valence-electron chi connectivity index (χ1n) is 10.0. The second-order valence-corrected chi connectivity index (χ2v) is 8.00. The predicted octanol–water partition coefficient (Wildman–Crippen LogP) is 3.88. The number of halogens is 2. The van der Waals surface area contributed by atoms with E-state index >= 15 is 0 Å². The average molecular weight is 441 g/mol. The van der Waals surface area contributed by atoms with E-state index in [2.05, 4.69) is 5.10 Å². The van der Waals surface area contributed by atoms with E-state index in [9.17, 15) is 14.0 Å². The van der Waals surface area contributed by atoms with Gasteiger partial charge in [-0.3, -0.25) is 9.59 Å². The number of benzene rings is 2. The second-order valence-electron chi connectivity index (χ2n) is 7.59. The third-order valence-electron chi connectivity index (χ3n) is 5.38. The predicted molar refractivity (Wildman–Crippen MR) is 116 cm³/mol. The summed E-state index contributed by atoms with van der Waals surface area (Å²) < 4.78 is 15.1. The van der Waals surface area contributed by atoms with Gasteiger partial charge in [-0.15, -0.1) is 0 Å². The molecule has 1 aromatic heterocycles.